The maximum atomic E-state index is 12.2. The molecular weight excluding hydrogens is 464 g/mol. The SMILES string of the molecule is CC(=O)c1sc(=Nc2ccccc2)n(CCn2c(C)c(C(C)=O)sc2=Nc2ccccc2)c1C. The molecule has 0 saturated heterocycles. The number of benzene rings is 2. The van der Waals surface area contributed by atoms with E-state index in [2.05, 4.69) is 9.13 Å². The smallest absolute Gasteiger partial charge is 0.190 e. The maximum absolute atomic E-state index is 12.2. The van der Waals surface area contributed by atoms with Gasteiger partial charge in [-0.15, -0.1) is 0 Å². The zero-order valence-corrected chi connectivity index (χ0v) is 21.2. The van der Waals surface area contributed by atoms with Gasteiger partial charge in [0.05, 0.1) is 21.1 Å². The van der Waals surface area contributed by atoms with Crippen LogP contribution in [-0.4, -0.2) is 20.7 Å². The summed E-state index contributed by atoms with van der Waals surface area (Å²) in [6.45, 7) is 8.28. The van der Waals surface area contributed by atoms with Crippen molar-refractivity contribution in [1.29, 1.82) is 0 Å². The lowest BCUT2D eigenvalue weighted by molar-refractivity contribution is 0.101. The molecule has 34 heavy (non-hydrogen) atoms. The monoisotopic (exact) mass is 490 g/mol. The van der Waals surface area contributed by atoms with E-state index >= 15 is 0 Å². The number of Topliss-reactive ketones (excluding diaryl/α,β-unsaturated/α-hetero) is 2. The van der Waals surface area contributed by atoms with E-state index in [1.165, 1.54) is 22.7 Å². The van der Waals surface area contributed by atoms with Crippen molar-refractivity contribution in [2.24, 2.45) is 9.98 Å². The molecule has 0 aliphatic heterocycles. The molecule has 6 nitrogen and oxygen atoms in total. The van der Waals surface area contributed by atoms with Gasteiger partial charge in [0, 0.05) is 38.3 Å². The van der Waals surface area contributed by atoms with E-state index in [0.29, 0.717) is 22.8 Å². The molecule has 0 unspecified atom stereocenters. The fourth-order valence-corrected chi connectivity index (χ4v) is 5.89. The average molecular weight is 491 g/mol. The third-order valence-corrected chi connectivity index (χ3v) is 8.03. The number of para-hydroxylation sites is 2. The number of rotatable bonds is 7. The predicted molar refractivity (Wildman–Crippen MR) is 137 cm³/mol. The second-order valence-corrected chi connectivity index (χ2v) is 9.86. The van der Waals surface area contributed by atoms with Crippen LogP contribution in [0.2, 0.25) is 0 Å². The van der Waals surface area contributed by atoms with Crippen LogP contribution < -0.4 is 9.60 Å². The fraction of sp³-hybridized carbons (Fsp3) is 0.231. The second-order valence-electron chi connectivity index (χ2n) is 7.91. The fourth-order valence-electron chi connectivity index (χ4n) is 3.74. The number of thiazole rings is 2. The lowest BCUT2D eigenvalue weighted by atomic mass is 10.3. The van der Waals surface area contributed by atoms with E-state index in [-0.39, 0.29) is 11.6 Å². The van der Waals surface area contributed by atoms with Crippen LogP contribution in [0.1, 0.15) is 44.6 Å². The predicted octanol–water partition coefficient (Wildman–Crippen LogP) is 5.60. The van der Waals surface area contributed by atoms with Gasteiger partial charge in [0.25, 0.3) is 0 Å². The van der Waals surface area contributed by atoms with Crippen LogP contribution in [0.4, 0.5) is 11.4 Å². The second kappa shape index (κ2) is 10.3. The number of carbonyl (C=O) groups is 2. The molecule has 174 valence electrons. The van der Waals surface area contributed by atoms with E-state index in [0.717, 1.165) is 32.4 Å². The Bertz CT molecular complexity index is 1360. The van der Waals surface area contributed by atoms with Gasteiger partial charge in [0.15, 0.2) is 21.2 Å². The van der Waals surface area contributed by atoms with Crippen molar-refractivity contribution in [3.8, 4) is 0 Å². The molecule has 0 fully saturated rings. The largest absolute Gasteiger partial charge is 0.319 e. The van der Waals surface area contributed by atoms with Crippen molar-refractivity contribution in [1.82, 2.24) is 9.13 Å². The molecule has 0 radical (unpaired) electrons. The number of ketones is 2. The first-order valence-corrected chi connectivity index (χ1v) is 12.6. The summed E-state index contributed by atoms with van der Waals surface area (Å²) in [5.41, 5.74) is 3.47. The maximum Gasteiger partial charge on any atom is 0.190 e. The van der Waals surface area contributed by atoms with Crippen LogP contribution in [0.3, 0.4) is 0 Å². The standard InChI is InChI=1S/C26H26N4O2S2/c1-17-23(19(3)31)33-25(27-21-11-7-5-8-12-21)29(17)15-16-30-18(2)24(20(4)32)34-26(30)28-22-13-9-6-10-14-22/h5-14H,15-16H2,1-4H3. The molecule has 0 saturated carbocycles. The van der Waals surface area contributed by atoms with Crippen LogP contribution in [0.5, 0.6) is 0 Å². The van der Waals surface area contributed by atoms with Gasteiger partial charge in [-0.1, -0.05) is 59.1 Å². The lowest BCUT2D eigenvalue weighted by Crippen LogP contribution is -2.24. The molecule has 2 aromatic carbocycles. The van der Waals surface area contributed by atoms with Crippen molar-refractivity contribution in [2.45, 2.75) is 40.8 Å². The number of nitrogens with zero attached hydrogens (tertiary/aromatic N) is 4. The Balaban J connectivity index is 1.79. The van der Waals surface area contributed by atoms with Gasteiger partial charge in [0.1, 0.15) is 0 Å². The summed E-state index contributed by atoms with van der Waals surface area (Å²) in [6, 6.07) is 19.5. The number of hydrogen-bond donors (Lipinski definition) is 0. The Morgan fingerprint density at radius 3 is 1.35 bits per heavy atom. The van der Waals surface area contributed by atoms with Gasteiger partial charge in [-0.05, 0) is 38.1 Å². The summed E-state index contributed by atoms with van der Waals surface area (Å²) in [5.74, 6) is 0.0625. The van der Waals surface area contributed by atoms with Crippen molar-refractivity contribution in [3.63, 3.8) is 0 Å². The van der Waals surface area contributed by atoms with Crippen LogP contribution in [0.25, 0.3) is 0 Å². The van der Waals surface area contributed by atoms with Crippen molar-refractivity contribution >= 4 is 45.6 Å². The summed E-state index contributed by atoms with van der Waals surface area (Å²) >= 11 is 2.82. The molecule has 0 atom stereocenters. The molecular formula is C26H26N4O2S2. The Kier molecular flexibility index (Phi) is 7.19. The van der Waals surface area contributed by atoms with E-state index in [1.54, 1.807) is 13.8 Å². The van der Waals surface area contributed by atoms with Crippen molar-refractivity contribution in [2.75, 3.05) is 0 Å². The first-order valence-electron chi connectivity index (χ1n) is 11.0. The zero-order valence-electron chi connectivity index (χ0n) is 19.6. The van der Waals surface area contributed by atoms with E-state index < -0.39 is 0 Å². The van der Waals surface area contributed by atoms with Gasteiger partial charge in [-0.2, -0.15) is 0 Å². The summed E-state index contributed by atoms with van der Waals surface area (Å²) in [6.07, 6.45) is 0. The van der Waals surface area contributed by atoms with E-state index in [4.69, 9.17) is 9.98 Å². The molecule has 4 rings (SSSR count). The first-order chi connectivity index (χ1) is 16.3. The van der Waals surface area contributed by atoms with Crippen molar-refractivity contribution < 1.29 is 9.59 Å². The topological polar surface area (TPSA) is 68.7 Å². The highest BCUT2D eigenvalue weighted by atomic mass is 32.1. The third kappa shape index (κ3) is 5.08. The molecule has 0 N–H and O–H groups in total. The normalized spacial score (nSPS) is 12.4. The molecule has 0 amide bonds. The minimum Gasteiger partial charge on any atom is -0.319 e. The molecule has 2 aromatic heterocycles. The summed E-state index contributed by atoms with van der Waals surface area (Å²) < 4.78 is 4.16. The summed E-state index contributed by atoms with van der Waals surface area (Å²) in [5, 5.41) is 0. The third-order valence-electron chi connectivity index (χ3n) is 5.46. The number of carbonyl (C=O) groups excluding carboxylic acids is 2. The highest BCUT2D eigenvalue weighted by Gasteiger charge is 2.17. The van der Waals surface area contributed by atoms with Gasteiger partial charge in [0.2, 0.25) is 0 Å². The molecule has 0 bridgehead atoms. The summed E-state index contributed by atoms with van der Waals surface area (Å²) in [4.78, 5) is 37.1. The van der Waals surface area contributed by atoms with Crippen molar-refractivity contribution in [3.05, 3.63) is 91.4 Å². The van der Waals surface area contributed by atoms with Gasteiger partial charge < -0.3 is 9.13 Å². The number of aromatic nitrogens is 2. The van der Waals surface area contributed by atoms with Crippen LogP contribution >= 0.6 is 22.7 Å². The number of hydrogen-bond acceptors (Lipinski definition) is 6. The Morgan fingerprint density at radius 2 is 1.03 bits per heavy atom. The average Bonchev–Trinajstić information content (AvgIpc) is 3.30. The minimum absolute atomic E-state index is 0.0313. The first kappa shape index (κ1) is 23.8. The lowest BCUT2D eigenvalue weighted by Gasteiger charge is -2.10. The molecule has 0 aliphatic carbocycles. The highest BCUT2D eigenvalue weighted by Crippen LogP contribution is 2.18. The van der Waals surface area contributed by atoms with Crippen LogP contribution in [0, 0.1) is 13.8 Å². The molecule has 0 spiro atoms. The van der Waals surface area contributed by atoms with Crippen LogP contribution in [0.15, 0.2) is 70.6 Å². The van der Waals surface area contributed by atoms with E-state index in [9.17, 15) is 9.59 Å². The minimum atomic E-state index is 0.0313. The Hall–Kier alpha value is -3.36. The van der Waals surface area contributed by atoms with Crippen LogP contribution in [-0.2, 0) is 13.1 Å². The molecule has 0 aliphatic rings. The quantitative estimate of drug-likeness (QED) is 0.317. The zero-order chi connectivity index (χ0) is 24.2. The molecule has 8 heteroatoms. The summed E-state index contributed by atoms with van der Waals surface area (Å²) in [7, 11) is 0. The highest BCUT2D eigenvalue weighted by molar-refractivity contribution is 7.11. The Morgan fingerprint density at radius 1 is 0.676 bits per heavy atom. The Labute approximate surface area is 206 Å². The molecule has 4 aromatic rings. The van der Waals surface area contributed by atoms with Gasteiger partial charge in [-0.25, -0.2) is 9.98 Å². The molecule has 2 heterocycles. The van der Waals surface area contributed by atoms with Gasteiger partial charge >= 0.3 is 0 Å². The van der Waals surface area contributed by atoms with Gasteiger partial charge in [-0.3, -0.25) is 9.59 Å². The van der Waals surface area contributed by atoms with E-state index in [1.807, 2.05) is 74.5 Å².